The van der Waals surface area contributed by atoms with Gasteiger partial charge in [0.2, 0.25) is 11.8 Å². The summed E-state index contributed by atoms with van der Waals surface area (Å²) in [6.07, 6.45) is 2.06. The molecule has 0 spiro atoms. The molecule has 8 heteroatoms. The van der Waals surface area contributed by atoms with E-state index in [1.165, 1.54) is 11.3 Å². The number of aromatic nitrogens is 3. The van der Waals surface area contributed by atoms with Gasteiger partial charge in [0.1, 0.15) is 10.4 Å². The van der Waals surface area contributed by atoms with E-state index in [0.29, 0.717) is 29.1 Å². The van der Waals surface area contributed by atoms with Gasteiger partial charge >= 0.3 is 0 Å². The summed E-state index contributed by atoms with van der Waals surface area (Å²) in [5.41, 5.74) is 4.80. The van der Waals surface area contributed by atoms with Crippen molar-refractivity contribution in [3.8, 4) is 17.7 Å². The van der Waals surface area contributed by atoms with Crippen LogP contribution in [-0.4, -0.2) is 34.1 Å². The number of aryl methyl sites for hydroxylation is 2. The van der Waals surface area contributed by atoms with E-state index in [2.05, 4.69) is 31.7 Å². The maximum atomic E-state index is 9.14. The summed E-state index contributed by atoms with van der Waals surface area (Å²) in [5, 5.41) is 15.9. The third kappa shape index (κ3) is 3.70. The van der Waals surface area contributed by atoms with Gasteiger partial charge in [-0.2, -0.15) is 15.2 Å². The Kier molecular flexibility index (Phi) is 4.88. The molecule has 0 saturated carbocycles. The SMILES string of the molecule is Cc1cc(C#N)cc(C)c1Oc1nc(NC2CCNCC2)nc2ncsc12. The first-order chi connectivity index (χ1) is 13.1. The second-order valence-corrected chi connectivity index (χ2v) is 7.53. The molecule has 0 amide bonds. The zero-order valence-corrected chi connectivity index (χ0v) is 16.1. The Labute approximate surface area is 161 Å². The molecule has 0 radical (unpaired) electrons. The second-order valence-electron chi connectivity index (χ2n) is 6.68. The Hall–Kier alpha value is -2.76. The van der Waals surface area contributed by atoms with Crippen LogP contribution in [0.25, 0.3) is 10.3 Å². The molecule has 1 aromatic carbocycles. The average Bonchev–Trinajstić information content (AvgIpc) is 3.14. The molecule has 2 N–H and O–H groups in total. The Morgan fingerprint density at radius 1 is 1.22 bits per heavy atom. The molecule has 7 nitrogen and oxygen atoms in total. The van der Waals surface area contributed by atoms with Crippen molar-refractivity contribution in [3.63, 3.8) is 0 Å². The molecule has 1 aliphatic rings. The van der Waals surface area contributed by atoms with Crippen LogP contribution in [0.3, 0.4) is 0 Å². The van der Waals surface area contributed by atoms with E-state index in [1.807, 2.05) is 26.0 Å². The van der Waals surface area contributed by atoms with Crippen LogP contribution in [0.4, 0.5) is 5.95 Å². The highest BCUT2D eigenvalue weighted by molar-refractivity contribution is 7.17. The monoisotopic (exact) mass is 380 g/mol. The van der Waals surface area contributed by atoms with Gasteiger partial charge in [-0.25, -0.2) is 4.98 Å². The number of hydrogen-bond donors (Lipinski definition) is 2. The maximum Gasteiger partial charge on any atom is 0.243 e. The minimum Gasteiger partial charge on any atom is -0.437 e. The molecule has 3 aromatic rings. The van der Waals surface area contributed by atoms with Crippen molar-refractivity contribution >= 4 is 27.6 Å². The van der Waals surface area contributed by atoms with E-state index in [-0.39, 0.29) is 0 Å². The van der Waals surface area contributed by atoms with Crippen molar-refractivity contribution < 1.29 is 4.74 Å². The van der Waals surface area contributed by atoms with Crippen LogP contribution in [0.15, 0.2) is 17.6 Å². The lowest BCUT2D eigenvalue weighted by Gasteiger charge is -2.23. The van der Waals surface area contributed by atoms with E-state index < -0.39 is 0 Å². The van der Waals surface area contributed by atoms with E-state index in [0.717, 1.165) is 47.5 Å². The minimum atomic E-state index is 0.341. The van der Waals surface area contributed by atoms with Crippen LogP contribution in [0.2, 0.25) is 0 Å². The standard InChI is InChI=1S/C19H20N6OS/c1-11-7-13(9-20)8-12(2)15(11)26-18-16-17(22-10-27-16)24-19(25-18)23-14-3-5-21-6-4-14/h7-8,10,14,21H,3-6H2,1-2H3,(H,23,24,25). The number of nitrogens with one attached hydrogen (secondary N) is 2. The fraction of sp³-hybridized carbons (Fsp3) is 0.368. The van der Waals surface area contributed by atoms with Gasteiger partial charge in [-0.05, 0) is 63.0 Å². The summed E-state index contributed by atoms with van der Waals surface area (Å²) in [4.78, 5) is 13.5. The first kappa shape index (κ1) is 17.6. The Morgan fingerprint density at radius 2 is 1.96 bits per heavy atom. The third-order valence-electron chi connectivity index (χ3n) is 4.62. The molecule has 0 aliphatic carbocycles. The van der Waals surface area contributed by atoms with E-state index in [4.69, 9.17) is 10.00 Å². The summed E-state index contributed by atoms with van der Waals surface area (Å²) in [6.45, 7) is 5.85. The molecule has 1 saturated heterocycles. The van der Waals surface area contributed by atoms with Gasteiger partial charge in [0, 0.05) is 6.04 Å². The molecule has 0 unspecified atom stereocenters. The fourth-order valence-corrected chi connectivity index (χ4v) is 3.94. The molecule has 138 valence electrons. The molecule has 1 fully saturated rings. The number of nitriles is 1. The molecular formula is C19H20N6OS. The van der Waals surface area contributed by atoms with E-state index in [1.54, 1.807) is 5.51 Å². The molecule has 3 heterocycles. The normalized spacial score (nSPS) is 14.9. The molecule has 2 aromatic heterocycles. The first-order valence-electron chi connectivity index (χ1n) is 8.91. The van der Waals surface area contributed by atoms with Crippen molar-refractivity contribution in [2.24, 2.45) is 0 Å². The highest BCUT2D eigenvalue weighted by Crippen LogP contribution is 2.34. The molecule has 0 atom stereocenters. The lowest BCUT2D eigenvalue weighted by Crippen LogP contribution is -2.35. The lowest BCUT2D eigenvalue weighted by atomic mass is 10.1. The summed E-state index contributed by atoms with van der Waals surface area (Å²) in [5.74, 6) is 1.75. The Balaban J connectivity index is 1.69. The number of piperidine rings is 1. The minimum absolute atomic E-state index is 0.341. The van der Waals surface area contributed by atoms with Crippen LogP contribution in [0.5, 0.6) is 11.6 Å². The van der Waals surface area contributed by atoms with Gasteiger partial charge in [-0.1, -0.05) is 0 Å². The second kappa shape index (κ2) is 7.47. The molecule has 27 heavy (non-hydrogen) atoms. The first-order valence-corrected chi connectivity index (χ1v) is 9.79. The lowest BCUT2D eigenvalue weighted by molar-refractivity contribution is 0.458. The Bertz CT molecular complexity index is 996. The predicted molar refractivity (Wildman–Crippen MR) is 105 cm³/mol. The Morgan fingerprint density at radius 3 is 2.67 bits per heavy atom. The summed E-state index contributed by atoms with van der Waals surface area (Å²) in [6, 6.07) is 6.16. The smallest absolute Gasteiger partial charge is 0.243 e. The quantitative estimate of drug-likeness (QED) is 0.715. The van der Waals surface area contributed by atoms with Crippen LogP contribution in [0.1, 0.15) is 29.5 Å². The fourth-order valence-electron chi connectivity index (χ4n) is 3.29. The summed E-state index contributed by atoms with van der Waals surface area (Å²) in [7, 11) is 0. The molecule has 0 bridgehead atoms. The molecular weight excluding hydrogens is 360 g/mol. The number of anilines is 1. The van der Waals surface area contributed by atoms with Crippen molar-refractivity contribution in [2.45, 2.75) is 32.7 Å². The van der Waals surface area contributed by atoms with Crippen molar-refractivity contribution in [3.05, 3.63) is 34.3 Å². The van der Waals surface area contributed by atoms with Crippen molar-refractivity contribution in [2.75, 3.05) is 18.4 Å². The van der Waals surface area contributed by atoms with E-state index in [9.17, 15) is 0 Å². The number of thiazole rings is 1. The number of nitrogens with zero attached hydrogens (tertiary/aromatic N) is 4. The molecule has 4 rings (SSSR count). The van der Waals surface area contributed by atoms with Gasteiger partial charge in [0.25, 0.3) is 0 Å². The van der Waals surface area contributed by atoms with Crippen LogP contribution in [0, 0.1) is 25.2 Å². The van der Waals surface area contributed by atoms with Gasteiger partial charge in [-0.15, -0.1) is 11.3 Å². The summed E-state index contributed by atoms with van der Waals surface area (Å²) < 4.78 is 7.01. The summed E-state index contributed by atoms with van der Waals surface area (Å²) >= 11 is 1.46. The largest absolute Gasteiger partial charge is 0.437 e. The number of benzene rings is 1. The third-order valence-corrected chi connectivity index (χ3v) is 5.43. The number of rotatable bonds is 4. The zero-order valence-electron chi connectivity index (χ0n) is 15.2. The van der Waals surface area contributed by atoms with Gasteiger partial charge < -0.3 is 15.4 Å². The van der Waals surface area contributed by atoms with Crippen LogP contribution in [-0.2, 0) is 0 Å². The average molecular weight is 380 g/mol. The predicted octanol–water partition coefficient (Wildman–Crippen LogP) is 3.53. The van der Waals surface area contributed by atoms with Gasteiger partial charge in [0.05, 0.1) is 17.1 Å². The van der Waals surface area contributed by atoms with E-state index >= 15 is 0 Å². The highest BCUT2D eigenvalue weighted by Gasteiger charge is 2.18. The van der Waals surface area contributed by atoms with Gasteiger partial charge in [0.15, 0.2) is 5.65 Å². The maximum absolute atomic E-state index is 9.14. The number of fused-ring (bicyclic) bond motifs is 1. The highest BCUT2D eigenvalue weighted by atomic mass is 32.1. The van der Waals surface area contributed by atoms with Crippen molar-refractivity contribution in [1.82, 2.24) is 20.3 Å². The van der Waals surface area contributed by atoms with Gasteiger partial charge in [-0.3, -0.25) is 0 Å². The molecule has 1 aliphatic heterocycles. The topological polar surface area (TPSA) is 95.8 Å². The zero-order chi connectivity index (χ0) is 18.8. The number of hydrogen-bond acceptors (Lipinski definition) is 8. The van der Waals surface area contributed by atoms with Crippen molar-refractivity contribution in [1.29, 1.82) is 5.26 Å². The van der Waals surface area contributed by atoms with Crippen LogP contribution >= 0.6 is 11.3 Å². The number of ether oxygens (including phenoxy) is 1. The van der Waals surface area contributed by atoms with Crippen LogP contribution < -0.4 is 15.4 Å².